The van der Waals surface area contributed by atoms with Gasteiger partial charge in [0.25, 0.3) is 0 Å². The summed E-state index contributed by atoms with van der Waals surface area (Å²) in [6, 6.07) is 10.4. The number of benzene rings is 1. The zero-order chi connectivity index (χ0) is 17.9. The van der Waals surface area contributed by atoms with Crippen molar-refractivity contribution >= 4 is 0 Å². The van der Waals surface area contributed by atoms with Crippen LogP contribution < -0.4 is 0 Å². The van der Waals surface area contributed by atoms with E-state index in [2.05, 4.69) is 45.4 Å². The summed E-state index contributed by atoms with van der Waals surface area (Å²) < 4.78 is 13.5. The van der Waals surface area contributed by atoms with Crippen LogP contribution in [0.25, 0.3) is 0 Å². The van der Waals surface area contributed by atoms with Crippen molar-refractivity contribution in [2.75, 3.05) is 13.1 Å². The number of aryl methyl sites for hydroxylation is 1. The van der Waals surface area contributed by atoms with Crippen molar-refractivity contribution in [3.05, 3.63) is 65.6 Å². The predicted molar refractivity (Wildman–Crippen MR) is 95.4 cm³/mol. The van der Waals surface area contributed by atoms with Crippen molar-refractivity contribution in [3.63, 3.8) is 0 Å². The Morgan fingerprint density at radius 3 is 2.69 bits per heavy atom. The molecule has 2 atom stereocenters. The molecule has 0 amide bonds. The van der Waals surface area contributed by atoms with Crippen molar-refractivity contribution in [1.82, 2.24) is 24.9 Å². The van der Waals surface area contributed by atoms with Gasteiger partial charge in [-0.3, -0.25) is 9.58 Å². The number of aromatic nitrogens is 4. The zero-order valence-corrected chi connectivity index (χ0v) is 15.1. The lowest BCUT2D eigenvalue weighted by molar-refractivity contribution is -0.0917. The van der Waals surface area contributed by atoms with Crippen LogP contribution in [0.2, 0.25) is 0 Å². The lowest BCUT2D eigenvalue weighted by Gasteiger charge is -2.35. The fourth-order valence-electron chi connectivity index (χ4n) is 3.35. The summed E-state index contributed by atoms with van der Waals surface area (Å²) in [6.45, 7) is 7.07. The maximum Gasteiger partial charge on any atom is 0.246 e. The molecule has 7 heteroatoms. The van der Waals surface area contributed by atoms with Gasteiger partial charge in [-0.15, -0.1) is 10.2 Å². The number of hydrogen-bond acceptors (Lipinski definition) is 6. The van der Waals surface area contributed by atoms with E-state index < -0.39 is 0 Å². The van der Waals surface area contributed by atoms with Crippen molar-refractivity contribution < 1.29 is 9.15 Å². The maximum atomic E-state index is 5.98. The van der Waals surface area contributed by atoms with Gasteiger partial charge >= 0.3 is 0 Å². The minimum absolute atomic E-state index is 0.111. The number of rotatable bonds is 5. The van der Waals surface area contributed by atoms with Crippen LogP contribution in [0.5, 0.6) is 0 Å². The molecular formula is C19H23N5O2. The van der Waals surface area contributed by atoms with Gasteiger partial charge in [0.1, 0.15) is 6.10 Å². The molecule has 0 spiro atoms. The first-order valence-electron chi connectivity index (χ1n) is 8.89. The fourth-order valence-corrected chi connectivity index (χ4v) is 3.35. The normalized spacial score (nSPS) is 21.2. The molecule has 0 N–H and O–H groups in total. The molecule has 7 nitrogen and oxygen atoms in total. The van der Waals surface area contributed by atoms with Gasteiger partial charge in [-0.05, 0) is 12.5 Å². The highest BCUT2D eigenvalue weighted by molar-refractivity contribution is 5.15. The van der Waals surface area contributed by atoms with Crippen LogP contribution in [0.15, 0.2) is 47.1 Å². The fraction of sp³-hybridized carbons (Fsp3) is 0.421. The van der Waals surface area contributed by atoms with E-state index in [1.54, 1.807) is 6.92 Å². The summed E-state index contributed by atoms with van der Waals surface area (Å²) in [5.41, 5.74) is 2.43. The maximum absolute atomic E-state index is 5.98. The monoisotopic (exact) mass is 353 g/mol. The van der Waals surface area contributed by atoms with E-state index in [-0.39, 0.29) is 12.2 Å². The van der Waals surface area contributed by atoms with Gasteiger partial charge in [0.2, 0.25) is 11.8 Å². The molecule has 1 saturated heterocycles. The molecule has 2 aromatic heterocycles. The van der Waals surface area contributed by atoms with Crippen LogP contribution in [0.4, 0.5) is 0 Å². The Kier molecular flexibility index (Phi) is 4.81. The molecule has 3 aromatic rings. The number of ether oxygens (including phenoxy) is 1. The molecule has 1 aliphatic heterocycles. The van der Waals surface area contributed by atoms with Gasteiger partial charge in [-0.1, -0.05) is 30.3 Å². The summed E-state index contributed by atoms with van der Waals surface area (Å²) in [5.74, 6) is 1.12. The quantitative estimate of drug-likeness (QED) is 0.702. The minimum atomic E-state index is -0.181. The largest absolute Gasteiger partial charge is 0.423 e. The Labute approximate surface area is 152 Å². The summed E-state index contributed by atoms with van der Waals surface area (Å²) in [5, 5.41) is 12.5. The molecule has 0 saturated carbocycles. The highest BCUT2D eigenvalue weighted by atomic mass is 16.5. The molecule has 1 aliphatic rings. The second kappa shape index (κ2) is 7.39. The highest BCUT2D eigenvalue weighted by Gasteiger charge is 2.30. The Balaban J connectivity index is 1.40. The van der Waals surface area contributed by atoms with Crippen molar-refractivity contribution in [2.45, 2.75) is 39.1 Å². The van der Waals surface area contributed by atoms with Gasteiger partial charge in [-0.25, -0.2) is 0 Å². The van der Waals surface area contributed by atoms with Crippen LogP contribution >= 0.6 is 0 Å². The predicted octanol–water partition coefficient (Wildman–Crippen LogP) is 2.58. The SMILES string of the molecule is Cc1nnc([C@H]2CN(Cc3cnn(Cc4ccccc4)c3)C[C@@H](C)O2)o1. The second-order valence-electron chi connectivity index (χ2n) is 6.82. The van der Waals surface area contributed by atoms with Crippen LogP contribution in [0, 0.1) is 6.92 Å². The zero-order valence-electron chi connectivity index (χ0n) is 15.1. The minimum Gasteiger partial charge on any atom is -0.423 e. The Hall–Kier alpha value is -2.51. The third-order valence-electron chi connectivity index (χ3n) is 4.43. The van der Waals surface area contributed by atoms with Gasteiger partial charge in [-0.2, -0.15) is 5.10 Å². The molecule has 0 unspecified atom stereocenters. The summed E-state index contributed by atoms with van der Waals surface area (Å²) in [4.78, 5) is 2.35. The molecule has 4 rings (SSSR count). The summed E-state index contributed by atoms with van der Waals surface area (Å²) in [6.07, 6.45) is 3.98. The lowest BCUT2D eigenvalue weighted by atomic mass is 10.2. The van der Waals surface area contributed by atoms with Crippen molar-refractivity contribution in [2.24, 2.45) is 0 Å². The molecule has 1 aromatic carbocycles. The number of morpholine rings is 1. The second-order valence-corrected chi connectivity index (χ2v) is 6.82. The van der Waals surface area contributed by atoms with E-state index in [1.165, 1.54) is 11.1 Å². The number of nitrogens with zero attached hydrogens (tertiary/aromatic N) is 5. The lowest BCUT2D eigenvalue weighted by Crippen LogP contribution is -2.42. The smallest absolute Gasteiger partial charge is 0.246 e. The highest BCUT2D eigenvalue weighted by Crippen LogP contribution is 2.25. The van der Waals surface area contributed by atoms with Gasteiger partial charge < -0.3 is 9.15 Å². The molecule has 3 heterocycles. The first-order valence-corrected chi connectivity index (χ1v) is 8.89. The van der Waals surface area contributed by atoms with E-state index in [1.807, 2.05) is 29.1 Å². The van der Waals surface area contributed by atoms with Crippen LogP contribution in [-0.2, 0) is 17.8 Å². The van der Waals surface area contributed by atoms with Crippen LogP contribution in [-0.4, -0.2) is 44.1 Å². The molecular weight excluding hydrogens is 330 g/mol. The Bertz CT molecular complexity index is 845. The van der Waals surface area contributed by atoms with Crippen molar-refractivity contribution in [3.8, 4) is 0 Å². The first kappa shape index (κ1) is 16.9. The standard InChI is InChI=1S/C19H23N5O2/c1-14-9-23(13-18(25-14)19-22-21-15(2)26-19)10-17-8-20-24(12-17)11-16-6-4-3-5-7-16/h3-8,12,14,18H,9-11,13H2,1-2H3/t14-,18-/m1/s1. The van der Waals surface area contributed by atoms with E-state index in [9.17, 15) is 0 Å². The van der Waals surface area contributed by atoms with Crippen molar-refractivity contribution in [1.29, 1.82) is 0 Å². The third-order valence-corrected chi connectivity index (χ3v) is 4.43. The summed E-state index contributed by atoms with van der Waals surface area (Å²) >= 11 is 0. The molecule has 136 valence electrons. The van der Waals surface area contributed by atoms with Crippen LogP contribution in [0.1, 0.15) is 35.9 Å². The topological polar surface area (TPSA) is 69.2 Å². The van der Waals surface area contributed by atoms with E-state index >= 15 is 0 Å². The van der Waals surface area contributed by atoms with E-state index in [0.717, 1.165) is 26.2 Å². The van der Waals surface area contributed by atoms with Gasteiger partial charge in [0, 0.05) is 38.3 Å². The van der Waals surface area contributed by atoms with Gasteiger partial charge in [0.15, 0.2) is 0 Å². The Morgan fingerprint density at radius 1 is 1.08 bits per heavy atom. The molecule has 0 bridgehead atoms. The van der Waals surface area contributed by atoms with Gasteiger partial charge in [0.05, 0.1) is 18.8 Å². The average molecular weight is 353 g/mol. The summed E-state index contributed by atoms with van der Waals surface area (Å²) in [7, 11) is 0. The Morgan fingerprint density at radius 2 is 1.92 bits per heavy atom. The number of hydrogen-bond donors (Lipinski definition) is 0. The first-order chi connectivity index (χ1) is 12.7. The van der Waals surface area contributed by atoms with E-state index in [4.69, 9.17) is 9.15 Å². The molecule has 1 fully saturated rings. The third kappa shape index (κ3) is 4.00. The molecule has 0 radical (unpaired) electrons. The van der Waals surface area contributed by atoms with Crippen LogP contribution in [0.3, 0.4) is 0 Å². The molecule has 26 heavy (non-hydrogen) atoms. The van der Waals surface area contributed by atoms with E-state index in [0.29, 0.717) is 11.8 Å². The average Bonchev–Trinajstić information content (AvgIpc) is 3.24. The molecule has 0 aliphatic carbocycles.